The van der Waals surface area contributed by atoms with E-state index in [-0.39, 0.29) is 5.82 Å². The van der Waals surface area contributed by atoms with E-state index in [2.05, 4.69) is 15.0 Å². The van der Waals surface area contributed by atoms with Crippen LogP contribution >= 0.6 is 11.3 Å². The maximum absolute atomic E-state index is 12.7. The van der Waals surface area contributed by atoms with E-state index in [9.17, 15) is 4.39 Å². The number of halogens is 1. The Kier molecular flexibility index (Phi) is 3.69. The molecule has 0 N–H and O–H groups in total. The maximum Gasteiger partial charge on any atom is 0.123 e. The van der Waals surface area contributed by atoms with Gasteiger partial charge in [-0.2, -0.15) is 0 Å². The first-order valence-electron chi connectivity index (χ1n) is 5.01. The van der Waals surface area contributed by atoms with Crippen molar-refractivity contribution in [1.29, 1.82) is 0 Å². The molecular formula is C11H9FN4S. The Balaban J connectivity index is 2.12. The molecule has 0 bridgehead atoms. The van der Waals surface area contributed by atoms with Crippen LogP contribution in [0.5, 0.6) is 0 Å². The fourth-order valence-corrected chi connectivity index (χ4v) is 2.22. The molecule has 86 valence electrons. The largest absolute Gasteiger partial charge is 0.241 e. The summed E-state index contributed by atoms with van der Waals surface area (Å²) < 4.78 is 12.7. The number of thiazole rings is 1. The van der Waals surface area contributed by atoms with Crippen molar-refractivity contribution in [2.45, 2.75) is 6.42 Å². The van der Waals surface area contributed by atoms with Crippen molar-refractivity contribution in [2.24, 2.45) is 5.11 Å². The highest BCUT2D eigenvalue weighted by molar-refractivity contribution is 7.13. The first-order chi connectivity index (χ1) is 8.29. The van der Waals surface area contributed by atoms with Gasteiger partial charge >= 0.3 is 0 Å². The summed E-state index contributed by atoms with van der Waals surface area (Å²) in [6, 6.07) is 6.23. The number of rotatable bonds is 4. The van der Waals surface area contributed by atoms with Crippen LogP contribution in [-0.2, 0) is 6.42 Å². The molecule has 0 amide bonds. The Morgan fingerprint density at radius 3 is 2.82 bits per heavy atom. The van der Waals surface area contributed by atoms with E-state index < -0.39 is 0 Å². The normalized spacial score (nSPS) is 9.94. The van der Waals surface area contributed by atoms with Crippen LogP contribution in [0.3, 0.4) is 0 Å². The molecule has 0 aliphatic rings. The van der Waals surface area contributed by atoms with Crippen molar-refractivity contribution in [3.8, 4) is 10.6 Å². The Hall–Kier alpha value is -1.91. The Morgan fingerprint density at radius 1 is 1.35 bits per heavy atom. The lowest BCUT2D eigenvalue weighted by atomic mass is 10.2. The average molecular weight is 248 g/mol. The molecule has 1 heterocycles. The smallest absolute Gasteiger partial charge is 0.123 e. The number of nitrogens with zero attached hydrogens (tertiary/aromatic N) is 4. The van der Waals surface area contributed by atoms with Gasteiger partial charge in [-0.05, 0) is 36.2 Å². The molecule has 2 aromatic rings. The summed E-state index contributed by atoms with van der Waals surface area (Å²) in [6.07, 6.45) is 0.627. The standard InChI is InChI=1S/C11H9FN4S/c12-9-3-1-8(2-4-9)11-15-10(7-17-11)5-6-14-16-13/h1-4,7H,5-6H2. The number of hydrogen-bond donors (Lipinski definition) is 0. The minimum atomic E-state index is -0.256. The minimum absolute atomic E-state index is 0.256. The number of azide groups is 1. The Labute approximate surface area is 101 Å². The summed E-state index contributed by atoms with van der Waals surface area (Å²) in [5, 5.41) is 6.23. The monoisotopic (exact) mass is 248 g/mol. The third-order valence-electron chi connectivity index (χ3n) is 2.17. The van der Waals surface area contributed by atoms with Gasteiger partial charge in [-0.25, -0.2) is 9.37 Å². The molecule has 0 saturated heterocycles. The fraction of sp³-hybridized carbons (Fsp3) is 0.182. The summed E-state index contributed by atoms with van der Waals surface area (Å²) in [7, 11) is 0. The van der Waals surface area contributed by atoms with E-state index in [1.807, 2.05) is 5.38 Å². The highest BCUT2D eigenvalue weighted by Gasteiger charge is 2.04. The van der Waals surface area contributed by atoms with Crippen LogP contribution in [0.4, 0.5) is 4.39 Å². The van der Waals surface area contributed by atoms with Gasteiger partial charge in [0.2, 0.25) is 0 Å². The van der Waals surface area contributed by atoms with Crippen molar-refractivity contribution in [3.05, 3.63) is 51.6 Å². The Bertz CT molecular complexity index is 543. The van der Waals surface area contributed by atoms with Gasteiger partial charge in [-0.1, -0.05) is 5.11 Å². The van der Waals surface area contributed by atoms with Crippen LogP contribution in [0.2, 0.25) is 0 Å². The molecule has 2 rings (SSSR count). The zero-order valence-electron chi connectivity index (χ0n) is 8.88. The van der Waals surface area contributed by atoms with Crippen molar-refractivity contribution in [2.75, 3.05) is 6.54 Å². The molecule has 0 atom stereocenters. The second-order valence-electron chi connectivity index (χ2n) is 3.36. The number of aromatic nitrogens is 1. The quantitative estimate of drug-likeness (QED) is 0.461. The predicted octanol–water partition coefficient (Wildman–Crippen LogP) is 3.80. The molecule has 4 nitrogen and oxygen atoms in total. The van der Waals surface area contributed by atoms with E-state index in [4.69, 9.17) is 5.53 Å². The Morgan fingerprint density at radius 2 is 2.12 bits per heavy atom. The summed E-state index contributed by atoms with van der Waals surface area (Å²) in [6.45, 7) is 0.406. The third kappa shape index (κ3) is 3.03. The van der Waals surface area contributed by atoms with Crippen LogP contribution in [0, 0.1) is 5.82 Å². The SMILES string of the molecule is [N-]=[N+]=NCCc1csc(-c2ccc(F)cc2)n1. The zero-order chi connectivity index (χ0) is 12.1. The molecule has 0 saturated carbocycles. The average Bonchev–Trinajstić information content (AvgIpc) is 2.79. The summed E-state index contributed by atoms with van der Waals surface area (Å²) in [4.78, 5) is 7.08. The van der Waals surface area contributed by atoms with Gasteiger partial charge in [-0.15, -0.1) is 11.3 Å². The van der Waals surface area contributed by atoms with E-state index in [1.54, 1.807) is 12.1 Å². The fourth-order valence-electron chi connectivity index (χ4n) is 1.36. The minimum Gasteiger partial charge on any atom is -0.241 e. The molecule has 17 heavy (non-hydrogen) atoms. The van der Waals surface area contributed by atoms with Crippen molar-refractivity contribution < 1.29 is 4.39 Å². The molecule has 0 radical (unpaired) electrons. The van der Waals surface area contributed by atoms with Crippen LogP contribution in [0.25, 0.3) is 21.0 Å². The molecule has 1 aromatic heterocycles. The van der Waals surface area contributed by atoms with Crippen molar-refractivity contribution in [3.63, 3.8) is 0 Å². The van der Waals surface area contributed by atoms with Crippen LogP contribution in [-0.4, -0.2) is 11.5 Å². The molecule has 6 heteroatoms. The molecule has 0 aliphatic heterocycles. The second-order valence-corrected chi connectivity index (χ2v) is 4.21. The molecule has 0 fully saturated rings. The molecule has 1 aromatic carbocycles. The van der Waals surface area contributed by atoms with Gasteiger partial charge in [0.05, 0.1) is 5.69 Å². The van der Waals surface area contributed by atoms with Gasteiger partial charge in [0.15, 0.2) is 0 Å². The molecule has 0 spiro atoms. The molecular weight excluding hydrogens is 239 g/mol. The van der Waals surface area contributed by atoms with Gasteiger partial charge in [0, 0.05) is 22.4 Å². The predicted molar refractivity (Wildman–Crippen MR) is 65.2 cm³/mol. The highest BCUT2D eigenvalue weighted by Crippen LogP contribution is 2.23. The molecule has 0 aliphatic carbocycles. The third-order valence-corrected chi connectivity index (χ3v) is 3.11. The van der Waals surface area contributed by atoms with Gasteiger partial charge in [-0.3, -0.25) is 0 Å². The highest BCUT2D eigenvalue weighted by atomic mass is 32.1. The van der Waals surface area contributed by atoms with E-state index in [0.29, 0.717) is 13.0 Å². The van der Waals surface area contributed by atoms with Crippen molar-refractivity contribution >= 4 is 11.3 Å². The molecule has 0 unspecified atom stereocenters. The lowest BCUT2D eigenvalue weighted by Crippen LogP contribution is -1.88. The first-order valence-corrected chi connectivity index (χ1v) is 5.89. The van der Waals surface area contributed by atoms with E-state index >= 15 is 0 Å². The van der Waals surface area contributed by atoms with E-state index in [0.717, 1.165) is 16.3 Å². The number of hydrogen-bond acceptors (Lipinski definition) is 3. The maximum atomic E-state index is 12.7. The summed E-state index contributed by atoms with van der Waals surface area (Å²) >= 11 is 1.50. The summed E-state index contributed by atoms with van der Waals surface area (Å²) in [5.74, 6) is -0.256. The van der Waals surface area contributed by atoms with Crippen LogP contribution < -0.4 is 0 Å². The first kappa shape index (κ1) is 11.6. The zero-order valence-corrected chi connectivity index (χ0v) is 9.69. The topological polar surface area (TPSA) is 61.7 Å². The van der Waals surface area contributed by atoms with Crippen LogP contribution in [0.15, 0.2) is 34.8 Å². The second kappa shape index (κ2) is 5.43. The number of benzene rings is 1. The van der Waals surface area contributed by atoms with Gasteiger partial charge < -0.3 is 0 Å². The van der Waals surface area contributed by atoms with Crippen LogP contribution in [0.1, 0.15) is 5.69 Å². The lowest BCUT2D eigenvalue weighted by molar-refractivity contribution is 0.628. The van der Waals surface area contributed by atoms with E-state index in [1.165, 1.54) is 23.5 Å². The van der Waals surface area contributed by atoms with Gasteiger partial charge in [0.1, 0.15) is 10.8 Å². The summed E-state index contributed by atoms with van der Waals surface area (Å²) in [5.41, 5.74) is 9.94. The van der Waals surface area contributed by atoms with Gasteiger partial charge in [0.25, 0.3) is 0 Å². The lowest BCUT2D eigenvalue weighted by Gasteiger charge is -1.95. The van der Waals surface area contributed by atoms with Crippen molar-refractivity contribution in [1.82, 2.24) is 4.98 Å².